The molecule has 0 unspecified atom stereocenters. The van der Waals surface area contributed by atoms with Gasteiger partial charge in [-0.3, -0.25) is 0 Å². The van der Waals surface area contributed by atoms with E-state index >= 15 is 0 Å². The molecule has 1 aromatic rings. The Kier molecular flexibility index (Phi) is 2.72. The molecule has 0 aromatic heterocycles. The summed E-state index contributed by atoms with van der Waals surface area (Å²) in [7, 11) is -4.17. The van der Waals surface area contributed by atoms with Gasteiger partial charge < -0.3 is 0 Å². The first kappa shape index (κ1) is 12.4. The van der Waals surface area contributed by atoms with Crippen molar-refractivity contribution < 1.29 is 17.2 Å². The Morgan fingerprint density at radius 2 is 2.12 bits per heavy atom. The van der Waals surface area contributed by atoms with Crippen molar-refractivity contribution in [3.05, 3.63) is 34.9 Å². The molecule has 94 valence electrons. The topological polar surface area (TPSA) is 72.2 Å². The van der Waals surface area contributed by atoms with Crippen LogP contribution in [0.15, 0.2) is 18.2 Å². The number of alkyl halides is 2. The van der Waals surface area contributed by atoms with Crippen LogP contribution >= 0.6 is 0 Å². The van der Waals surface area contributed by atoms with Crippen LogP contribution in [0.25, 0.3) is 0 Å². The number of benzene rings is 1. The molecule has 0 heterocycles. The van der Waals surface area contributed by atoms with E-state index in [9.17, 15) is 17.2 Å². The molecular weight excluding hydrogens is 250 g/mol. The summed E-state index contributed by atoms with van der Waals surface area (Å²) in [6.07, 6.45) is -0.475. The maximum absolute atomic E-state index is 13.7. The molecule has 0 saturated heterocycles. The maximum atomic E-state index is 13.7. The zero-order valence-electron chi connectivity index (χ0n) is 9.07. The largest absolute Gasteiger partial charge is 0.275 e. The van der Waals surface area contributed by atoms with Crippen molar-refractivity contribution in [1.29, 1.82) is 0 Å². The van der Waals surface area contributed by atoms with Crippen molar-refractivity contribution in [3.63, 3.8) is 0 Å². The van der Waals surface area contributed by atoms with Crippen LogP contribution in [0, 0.1) is 6.92 Å². The van der Waals surface area contributed by atoms with Gasteiger partial charge in [0.1, 0.15) is 6.04 Å². The normalized spacial score (nSPS) is 22.5. The molecule has 1 aromatic carbocycles. The highest BCUT2D eigenvalue weighted by molar-refractivity contribution is 7.87. The van der Waals surface area contributed by atoms with E-state index in [2.05, 4.69) is 0 Å². The number of nitrogens with one attached hydrogen (secondary N) is 1. The number of nitrogens with two attached hydrogens (primary N) is 1. The Morgan fingerprint density at radius 3 is 2.71 bits per heavy atom. The first-order valence-electron chi connectivity index (χ1n) is 4.97. The van der Waals surface area contributed by atoms with Gasteiger partial charge in [0.05, 0.1) is 0 Å². The molecule has 0 aliphatic heterocycles. The smallest absolute Gasteiger partial charge is 0.216 e. The quantitative estimate of drug-likeness (QED) is 0.835. The summed E-state index contributed by atoms with van der Waals surface area (Å²) in [4.78, 5) is 0. The minimum atomic E-state index is -4.17. The lowest BCUT2D eigenvalue weighted by Crippen LogP contribution is -2.41. The molecule has 0 saturated carbocycles. The average molecular weight is 262 g/mol. The molecule has 1 atom stereocenters. The van der Waals surface area contributed by atoms with Gasteiger partial charge in [0.2, 0.25) is 0 Å². The van der Waals surface area contributed by atoms with E-state index in [1.165, 1.54) is 0 Å². The van der Waals surface area contributed by atoms with Gasteiger partial charge in [-0.15, -0.1) is 0 Å². The summed E-state index contributed by atoms with van der Waals surface area (Å²) in [5.74, 6) is -3.15. The Hall–Kier alpha value is -1.05. The van der Waals surface area contributed by atoms with E-state index in [0.717, 1.165) is 0 Å². The van der Waals surface area contributed by atoms with Crippen LogP contribution in [0.5, 0.6) is 0 Å². The van der Waals surface area contributed by atoms with Crippen LogP contribution in [0.1, 0.15) is 22.7 Å². The number of fused-ring (bicyclic) bond motifs is 1. The Balaban J connectivity index is 2.51. The van der Waals surface area contributed by atoms with Crippen LogP contribution in [0.2, 0.25) is 0 Å². The monoisotopic (exact) mass is 262 g/mol. The van der Waals surface area contributed by atoms with Gasteiger partial charge in [-0.1, -0.05) is 18.2 Å². The fourth-order valence-corrected chi connectivity index (χ4v) is 2.80. The molecular formula is C10H12F2N2O2S. The van der Waals surface area contributed by atoms with Gasteiger partial charge in [-0.05, 0) is 23.6 Å². The summed E-state index contributed by atoms with van der Waals surface area (Å²) in [6.45, 7) is 1.66. The van der Waals surface area contributed by atoms with Crippen molar-refractivity contribution in [2.45, 2.75) is 25.3 Å². The molecule has 1 aliphatic rings. The zero-order valence-corrected chi connectivity index (χ0v) is 9.89. The van der Waals surface area contributed by atoms with Gasteiger partial charge in [-0.2, -0.15) is 13.1 Å². The SMILES string of the molecule is Cc1cccc2c1[C@@H](NS(N)(=O)=O)C(F)(F)C2. The standard InChI is InChI=1S/C10H12F2N2O2S/c1-6-3-2-4-7-5-10(11,12)9(8(6)7)14-17(13,15)16/h2-4,9,14H,5H2,1H3,(H2,13,15,16)/t9-/m1/s1. The molecule has 0 amide bonds. The number of rotatable bonds is 2. The van der Waals surface area contributed by atoms with Crippen LogP contribution < -0.4 is 9.86 Å². The fraction of sp³-hybridized carbons (Fsp3) is 0.400. The van der Waals surface area contributed by atoms with Crippen LogP contribution in [0.4, 0.5) is 8.78 Å². The molecule has 2 rings (SSSR count). The molecule has 0 spiro atoms. The predicted molar refractivity (Wildman–Crippen MR) is 58.8 cm³/mol. The first-order chi connectivity index (χ1) is 7.71. The molecule has 17 heavy (non-hydrogen) atoms. The van der Waals surface area contributed by atoms with Crippen LogP contribution in [-0.4, -0.2) is 14.3 Å². The van der Waals surface area contributed by atoms with E-state index < -0.39 is 28.6 Å². The Morgan fingerprint density at radius 1 is 1.47 bits per heavy atom. The van der Waals surface area contributed by atoms with Gasteiger partial charge in [0.15, 0.2) is 0 Å². The van der Waals surface area contributed by atoms with E-state index in [-0.39, 0.29) is 0 Å². The van der Waals surface area contributed by atoms with Crippen molar-refractivity contribution in [2.24, 2.45) is 5.14 Å². The Bertz CT molecular complexity index is 557. The Labute approximate surface area is 98.0 Å². The number of hydrogen-bond donors (Lipinski definition) is 2. The van der Waals surface area contributed by atoms with E-state index in [0.29, 0.717) is 16.7 Å². The van der Waals surface area contributed by atoms with Crippen LogP contribution in [0.3, 0.4) is 0 Å². The molecule has 4 nitrogen and oxygen atoms in total. The van der Waals surface area contributed by atoms with E-state index in [4.69, 9.17) is 5.14 Å². The minimum absolute atomic E-state index is 0.325. The molecule has 3 N–H and O–H groups in total. The van der Waals surface area contributed by atoms with Crippen molar-refractivity contribution >= 4 is 10.2 Å². The molecule has 7 heteroatoms. The van der Waals surface area contributed by atoms with Crippen molar-refractivity contribution in [2.75, 3.05) is 0 Å². The molecule has 1 aliphatic carbocycles. The van der Waals surface area contributed by atoms with Crippen molar-refractivity contribution in [3.8, 4) is 0 Å². The lowest BCUT2D eigenvalue weighted by molar-refractivity contribution is -0.0188. The maximum Gasteiger partial charge on any atom is 0.275 e. The summed E-state index contributed by atoms with van der Waals surface area (Å²) >= 11 is 0. The summed E-state index contributed by atoms with van der Waals surface area (Å²) in [5, 5.41) is 4.77. The summed E-state index contributed by atoms with van der Waals surface area (Å²) in [5.41, 5.74) is 1.41. The second kappa shape index (κ2) is 3.72. The van der Waals surface area contributed by atoms with Gasteiger partial charge in [-0.25, -0.2) is 13.9 Å². The minimum Gasteiger partial charge on any atom is -0.216 e. The first-order valence-corrected chi connectivity index (χ1v) is 6.51. The average Bonchev–Trinajstić information content (AvgIpc) is 2.36. The third kappa shape index (κ3) is 2.31. The second-order valence-electron chi connectivity index (χ2n) is 4.18. The molecule has 0 fully saturated rings. The third-order valence-corrected chi connectivity index (χ3v) is 3.40. The van der Waals surface area contributed by atoms with Crippen LogP contribution in [-0.2, 0) is 16.6 Å². The van der Waals surface area contributed by atoms with Gasteiger partial charge in [0.25, 0.3) is 16.1 Å². The highest BCUT2D eigenvalue weighted by atomic mass is 32.2. The fourth-order valence-electron chi connectivity index (χ4n) is 2.19. The zero-order chi connectivity index (χ0) is 12.8. The number of hydrogen-bond acceptors (Lipinski definition) is 2. The van der Waals surface area contributed by atoms with Gasteiger partial charge in [0, 0.05) is 6.42 Å². The molecule has 0 bridgehead atoms. The molecule has 0 radical (unpaired) electrons. The highest BCUT2D eigenvalue weighted by Crippen LogP contribution is 2.44. The van der Waals surface area contributed by atoms with Gasteiger partial charge >= 0.3 is 0 Å². The lowest BCUT2D eigenvalue weighted by atomic mass is 10.0. The van der Waals surface area contributed by atoms with E-state index in [1.807, 2.05) is 0 Å². The summed E-state index contributed by atoms with van der Waals surface area (Å²) < 4.78 is 51.1. The summed E-state index contributed by atoms with van der Waals surface area (Å²) in [6, 6.07) is 3.33. The number of halogens is 2. The predicted octanol–water partition coefficient (Wildman–Crippen LogP) is 1.02. The second-order valence-corrected chi connectivity index (χ2v) is 5.51. The van der Waals surface area contributed by atoms with E-state index in [1.54, 1.807) is 29.8 Å². The number of aryl methyl sites for hydroxylation is 1. The lowest BCUT2D eigenvalue weighted by Gasteiger charge is -2.20. The third-order valence-electron chi connectivity index (χ3n) is 2.83. The van der Waals surface area contributed by atoms with Crippen molar-refractivity contribution in [1.82, 2.24) is 4.72 Å². The highest BCUT2D eigenvalue weighted by Gasteiger charge is 2.49.